The molecule has 1 aliphatic heterocycles. The summed E-state index contributed by atoms with van der Waals surface area (Å²) >= 11 is 0. The molecule has 10 nitrogen and oxygen atoms in total. The van der Waals surface area contributed by atoms with Gasteiger partial charge >= 0.3 is 0 Å². The highest BCUT2D eigenvalue weighted by Gasteiger charge is 2.20. The van der Waals surface area contributed by atoms with Gasteiger partial charge in [-0.15, -0.1) is 0 Å². The van der Waals surface area contributed by atoms with Crippen LogP contribution in [0.1, 0.15) is 29.5 Å². The van der Waals surface area contributed by atoms with Crippen LogP contribution in [0.3, 0.4) is 0 Å². The summed E-state index contributed by atoms with van der Waals surface area (Å²) in [5.41, 5.74) is 1.20. The number of carbonyl (C=O) groups excluding carboxylic acids is 1. The number of anilines is 4. The van der Waals surface area contributed by atoms with Crippen LogP contribution in [0.15, 0.2) is 48.7 Å². The summed E-state index contributed by atoms with van der Waals surface area (Å²) in [7, 11) is 0. The summed E-state index contributed by atoms with van der Waals surface area (Å²) < 4.78 is 0. The van der Waals surface area contributed by atoms with Crippen LogP contribution in [-0.4, -0.2) is 63.5 Å². The minimum absolute atomic E-state index is 0.225. The zero-order valence-electron chi connectivity index (χ0n) is 19.1. The SMILES string of the molecule is CCc1nc(Nc2cc(C(=O)Nc3ccccc3)ccn2)nc(N2CCN(CCC#N)CC2)n1. The number of aryl methyl sites for hydroxylation is 1. The number of nitrogens with one attached hydrogen (secondary N) is 2. The molecule has 34 heavy (non-hydrogen) atoms. The lowest BCUT2D eigenvalue weighted by atomic mass is 10.2. The van der Waals surface area contributed by atoms with Gasteiger partial charge in [0.15, 0.2) is 0 Å². The van der Waals surface area contributed by atoms with Gasteiger partial charge < -0.3 is 15.5 Å². The lowest BCUT2D eigenvalue weighted by Gasteiger charge is -2.34. The van der Waals surface area contributed by atoms with Gasteiger partial charge in [0.2, 0.25) is 11.9 Å². The van der Waals surface area contributed by atoms with E-state index in [9.17, 15) is 4.79 Å². The average molecular weight is 458 g/mol. The van der Waals surface area contributed by atoms with Gasteiger partial charge in [-0.3, -0.25) is 9.69 Å². The second-order valence-electron chi connectivity index (χ2n) is 7.84. The van der Waals surface area contributed by atoms with Crippen LogP contribution < -0.4 is 15.5 Å². The van der Waals surface area contributed by atoms with Gasteiger partial charge in [0.25, 0.3) is 5.91 Å². The predicted octanol–water partition coefficient (Wildman–Crippen LogP) is 2.86. The Kier molecular flexibility index (Phi) is 7.57. The molecule has 0 unspecified atom stereocenters. The molecule has 3 aromatic rings. The van der Waals surface area contributed by atoms with E-state index >= 15 is 0 Å². The Balaban J connectivity index is 1.46. The molecule has 4 rings (SSSR count). The number of pyridine rings is 1. The van der Waals surface area contributed by atoms with Crippen LogP contribution in [0.25, 0.3) is 0 Å². The smallest absolute Gasteiger partial charge is 0.255 e. The number of nitrogens with zero attached hydrogens (tertiary/aromatic N) is 7. The molecule has 10 heteroatoms. The molecule has 0 radical (unpaired) electrons. The summed E-state index contributed by atoms with van der Waals surface area (Å²) in [4.78, 5) is 35.1. The number of carbonyl (C=O) groups is 1. The number of aromatic nitrogens is 4. The number of amides is 1. The van der Waals surface area contributed by atoms with Crippen molar-refractivity contribution in [1.82, 2.24) is 24.8 Å². The van der Waals surface area contributed by atoms with E-state index in [-0.39, 0.29) is 5.91 Å². The molecule has 0 atom stereocenters. The number of piperazine rings is 1. The predicted molar refractivity (Wildman–Crippen MR) is 130 cm³/mol. The Morgan fingerprint density at radius 1 is 1.09 bits per heavy atom. The molecule has 174 valence electrons. The zero-order chi connectivity index (χ0) is 23.8. The number of benzene rings is 1. The van der Waals surface area contributed by atoms with Crippen molar-refractivity contribution in [2.75, 3.05) is 48.3 Å². The Bertz CT molecular complexity index is 1150. The maximum Gasteiger partial charge on any atom is 0.255 e. The van der Waals surface area contributed by atoms with E-state index in [1.54, 1.807) is 18.3 Å². The first kappa shape index (κ1) is 23.1. The van der Waals surface area contributed by atoms with Crippen molar-refractivity contribution in [2.24, 2.45) is 0 Å². The van der Waals surface area contributed by atoms with E-state index < -0.39 is 0 Å². The monoisotopic (exact) mass is 457 g/mol. The molecule has 2 N–H and O–H groups in total. The number of para-hydroxylation sites is 1. The van der Waals surface area contributed by atoms with Crippen LogP contribution in [0.2, 0.25) is 0 Å². The van der Waals surface area contributed by atoms with Crippen molar-refractivity contribution in [2.45, 2.75) is 19.8 Å². The first-order valence-corrected chi connectivity index (χ1v) is 11.3. The molecule has 0 spiro atoms. The molecule has 1 fully saturated rings. The molecule has 0 aliphatic carbocycles. The van der Waals surface area contributed by atoms with Crippen LogP contribution in [0.5, 0.6) is 0 Å². The summed E-state index contributed by atoms with van der Waals surface area (Å²) in [6.45, 7) is 6.07. The summed E-state index contributed by atoms with van der Waals surface area (Å²) in [6, 6.07) is 14.8. The fraction of sp³-hybridized carbons (Fsp3) is 0.333. The summed E-state index contributed by atoms with van der Waals surface area (Å²) in [5.74, 6) is 1.93. The zero-order valence-corrected chi connectivity index (χ0v) is 19.1. The Hall–Kier alpha value is -4.10. The molecule has 0 saturated carbocycles. The van der Waals surface area contributed by atoms with Crippen molar-refractivity contribution in [3.8, 4) is 6.07 Å². The standard InChI is InChI=1S/C24H27N9O/c1-2-20-28-23(31-24(30-20)33-15-13-32(14-16-33)12-6-10-25)29-21-17-18(9-11-26-21)22(34)27-19-7-4-3-5-8-19/h3-5,7-9,11,17H,2,6,12-16H2,1H3,(H,27,34)(H,26,28,29,30,31). The molecule has 1 amide bonds. The van der Waals surface area contributed by atoms with Crippen molar-refractivity contribution in [1.29, 1.82) is 5.26 Å². The normalized spacial score (nSPS) is 13.8. The molecule has 1 aromatic carbocycles. The minimum Gasteiger partial charge on any atom is -0.338 e. The fourth-order valence-electron chi connectivity index (χ4n) is 3.62. The Morgan fingerprint density at radius 3 is 2.62 bits per heavy atom. The third kappa shape index (κ3) is 6.02. The third-order valence-electron chi connectivity index (χ3n) is 5.47. The van der Waals surface area contributed by atoms with Gasteiger partial charge in [0.05, 0.1) is 6.07 Å². The second kappa shape index (κ2) is 11.2. The second-order valence-corrected chi connectivity index (χ2v) is 7.84. The van der Waals surface area contributed by atoms with Crippen molar-refractivity contribution >= 4 is 29.3 Å². The Labute approximate surface area is 198 Å². The largest absolute Gasteiger partial charge is 0.338 e. The van der Waals surface area contributed by atoms with E-state index in [1.807, 2.05) is 37.3 Å². The molecule has 1 saturated heterocycles. The van der Waals surface area contributed by atoms with Crippen molar-refractivity contribution in [3.63, 3.8) is 0 Å². The number of rotatable bonds is 8. The van der Waals surface area contributed by atoms with E-state index in [4.69, 9.17) is 5.26 Å². The number of nitriles is 1. The van der Waals surface area contributed by atoms with Crippen LogP contribution >= 0.6 is 0 Å². The average Bonchev–Trinajstić information content (AvgIpc) is 2.88. The highest BCUT2D eigenvalue weighted by molar-refractivity contribution is 6.04. The van der Waals surface area contributed by atoms with Crippen molar-refractivity contribution in [3.05, 3.63) is 60.0 Å². The molecule has 0 bridgehead atoms. The number of hydrogen-bond acceptors (Lipinski definition) is 9. The van der Waals surface area contributed by atoms with E-state index in [0.29, 0.717) is 41.9 Å². The highest BCUT2D eigenvalue weighted by atomic mass is 16.1. The lowest BCUT2D eigenvalue weighted by molar-refractivity contribution is 0.102. The van der Waals surface area contributed by atoms with E-state index in [0.717, 1.165) is 38.4 Å². The first-order chi connectivity index (χ1) is 16.6. The molecular weight excluding hydrogens is 430 g/mol. The maximum absolute atomic E-state index is 12.6. The number of hydrogen-bond donors (Lipinski definition) is 2. The molecular formula is C24H27N9O. The quantitative estimate of drug-likeness (QED) is 0.525. The lowest BCUT2D eigenvalue weighted by Crippen LogP contribution is -2.47. The van der Waals surface area contributed by atoms with Crippen LogP contribution in [0, 0.1) is 11.3 Å². The van der Waals surface area contributed by atoms with Gasteiger partial charge in [-0.2, -0.15) is 20.2 Å². The van der Waals surface area contributed by atoms with Gasteiger partial charge in [-0.25, -0.2) is 4.98 Å². The van der Waals surface area contributed by atoms with Gasteiger partial charge in [0.1, 0.15) is 11.6 Å². The maximum atomic E-state index is 12.6. The summed E-state index contributed by atoms with van der Waals surface area (Å²) in [5, 5.41) is 14.8. The van der Waals surface area contributed by atoms with Gasteiger partial charge in [-0.1, -0.05) is 25.1 Å². The molecule has 3 heterocycles. The van der Waals surface area contributed by atoms with Gasteiger partial charge in [-0.05, 0) is 24.3 Å². The van der Waals surface area contributed by atoms with E-state index in [1.165, 1.54) is 0 Å². The first-order valence-electron chi connectivity index (χ1n) is 11.3. The third-order valence-corrected chi connectivity index (χ3v) is 5.47. The van der Waals surface area contributed by atoms with Crippen molar-refractivity contribution < 1.29 is 4.79 Å². The molecule has 1 aliphatic rings. The van der Waals surface area contributed by atoms with Crippen LogP contribution in [-0.2, 0) is 6.42 Å². The summed E-state index contributed by atoms with van der Waals surface area (Å²) in [6.07, 6.45) is 2.78. The molecule has 2 aromatic heterocycles. The van der Waals surface area contributed by atoms with E-state index in [2.05, 4.69) is 46.4 Å². The highest BCUT2D eigenvalue weighted by Crippen LogP contribution is 2.18. The van der Waals surface area contributed by atoms with Crippen LogP contribution in [0.4, 0.5) is 23.4 Å². The fourth-order valence-corrected chi connectivity index (χ4v) is 3.62. The topological polar surface area (TPSA) is 123 Å². The Morgan fingerprint density at radius 2 is 1.88 bits per heavy atom. The minimum atomic E-state index is -0.225. The van der Waals surface area contributed by atoms with Gasteiger partial charge in [0, 0.05) is 63.0 Å².